The molecular formula is C16H22F2N2O. The summed E-state index contributed by atoms with van der Waals surface area (Å²) in [5.41, 5.74) is 0.292. The van der Waals surface area contributed by atoms with Crippen LogP contribution < -0.4 is 5.32 Å². The molecule has 0 aliphatic carbocycles. The van der Waals surface area contributed by atoms with Crippen LogP contribution in [0.25, 0.3) is 0 Å². The Morgan fingerprint density at radius 3 is 2.71 bits per heavy atom. The van der Waals surface area contributed by atoms with Crippen molar-refractivity contribution in [1.29, 1.82) is 0 Å². The largest absolute Gasteiger partial charge is 0.343 e. The number of hydrogen-bond acceptors (Lipinski definition) is 2. The number of rotatable bonds is 5. The summed E-state index contributed by atoms with van der Waals surface area (Å²) in [5.74, 6) is -0.752. The molecule has 2 rings (SSSR count). The molecule has 1 fully saturated rings. The molecule has 0 saturated carbocycles. The normalized spacial score (nSPS) is 16.8. The van der Waals surface area contributed by atoms with Crippen LogP contribution in [0.3, 0.4) is 0 Å². The lowest BCUT2D eigenvalue weighted by Crippen LogP contribution is -2.37. The number of amides is 1. The summed E-state index contributed by atoms with van der Waals surface area (Å²) in [4.78, 5) is 13.9. The van der Waals surface area contributed by atoms with Crippen LogP contribution in [0.15, 0.2) is 18.2 Å². The minimum absolute atomic E-state index is 0.133. The van der Waals surface area contributed by atoms with E-state index in [-0.39, 0.29) is 11.9 Å². The van der Waals surface area contributed by atoms with Crippen LogP contribution in [0.2, 0.25) is 0 Å². The summed E-state index contributed by atoms with van der Waals surface area (Å²) in [7, 11) is 0. The summed E-state index contributed by atoms with van der Waals surface area (Å²) in [6.07, 6.45) is 3.73. The van der Waals surface area contributed by atoms with Crippen molar-refractivity contribution in [2.45, 2.75) is 38.6 Å². The lowest BCUT2D eigenvalue weighted by Gasteiger charge is -2.27. The molecule has 1 heterocycles. The van der Waals surface area contributed by atoms with Gasteiger partial charge in [0, 0.05) is 37.7 Å². The summed E-state index contributed by atoms with van der Waals surface area (Å²) in [6.45, 7) is 3.91. The predicted molar refractivity (Wildman–Crippen MR) is 77.8 cm³/mol. The fourth-order valence-corrected chi connectivity index (χ4v) is 2.65. The third-order valence-corrected chi connectivity index (χ3v) is 3.92. The molecule has 1 aromatic carbocycles. The molecule has 5 heteroatoms. The van der Waals surface area contributed by atoms with Crippen molar-refractivity contribution in [2.75, 3.05) is 19.6 Å². The second-order valence-corrected chi connectivity index (χ2v) is 5.53. The van der Waals surface area contributed by atoms with E-state index >= 15 is 0 Å². The van der Waals surface area contributed by atoms with Crippen molar-refractivity contribution in [1.82, 2.24) is 10.2 Å². The fraction of sp³-hybridized carbons (Fsp3) is 0.562. The summed E-state index contributed by atoms with van der Waals surface area (Å²) in [6, 6.07) is 3.10. The first-order chi connectivity index (χ1) is 10.1. The maximum atomic E-state index is 13.6. The van der Waals surface area contributed by atoms with Crippen LogP contribution in [-0.4, -0.2) is 30.4 Å². The highest BCUT2D eigenvalue weighted by molar-refractivity contribution is 5.76. The zero-order valence-electron chi connectivity index (χ0n) is 12.4. The van der Waals surface area contributed by atoms with Crippen molar-refractivity contribution in [3.8, 4) is 0 Å². The molecule has 1 atom stereocenters. The molecule has 3 nitrogen and oxygen atoms in total. The quantitative estimate of drug-likeness (QED) is 0.906. The molecule has 116 valence electrons. The molecular weight excluding hydrogens is 274 g/mol. The van der Waals surface area contributed by atoms with Gasteiger partial charge in [-0.05, 0) is 44.4 Å². The lowest BCUT2D eigenvalue weighted by molar-refractivity contribution is -0.132. The molecule has 1 saturated heterocycles. The molecule has 0 spiro atoms. The van der Waals surface area contributed by atoms with E-state index in [0.29, 0.717) is 18.5 Å². The van der Waals surface area contributed by atoms with Gasteiger partial charge in [0.25, 0.3) is 0 Å². The monoisotopic (exact) mass is 296 g/mol. The number of nitrogens with one attached hydrogen (secondary N) is 1. The number of carbonyl (C=O) groups excluding carboxylic acids is 1. The van der Waals surface area contributed by atoms with Gasteiger partial charge in [-0.25, -0.2) is 8.78 Å². The number of hydrogen-bond donors (Lipinski definition) is 1. The third kappa shape index (κ3) is 4.49. The SMILES string of the molecule is CC(NCCC(=O)N1CCCCC1)c1cc(F)ccc1F. The van der Waals surface area contributed by atoms with Crippen LogP contribution >= 0.6 is 0 Å². The van der Waals surface area contributed by atoms with Crippen LogP contribution in [0, 0.1) is 11.6 Å². The smallest absolute Gasteiger partial charge is 0.223 e. The maximum absolute atomic E-state index is 13.6. The highest BCUT2D eigenvalue weighted by atomic mass is 19.1. The molecule has 21 heavy (non-hydrogen) atoms. The standard InChI is InChI=1S/C16H22F2N2O/c1-12(14-11-13(17)5-6-15(14)18)19-8-7-16(21)20-9-3-2-4-10-20/h5-6,11-12,19H,2-4,7-10H2,1H3. The first kappa shape index (κ1) is 15.9. The average Bonchev–Trinajstić information content (AvgIpc) is 2.50. The van der Waals surface area contributed by atoms with E-state index in [1.165, 1.54) is 12.5 Å². The highest BCUT2D eigenvalue weighted by Gasteiger charge is 2.17. The van der Waals surface area contributed by atoms with Gasteiger partial charge in [-0.15, -0.1) is 0 Å². The van der Waals surface area contributed by atoms with Crippen LogP contribution in [0.1, 0.15) is 44.2 Å². The Morgan fingerprint density at radius 1 is 1.29 bits per heavy atom. The average molecular weight is 296 g/mol. The maximum Gasteiger partial charge on any atom is 0.223 e. The third-order valence-electron chi connectivity index (χ3n) is 3.92. The fourth-order valence-electron chi connectivity index (χ4n) is 2.65. The number of piperidine rings is 1. The van der Waals surface area contributed by atoms with Crippen LogP contribution in [0.5, 0.6) is 0 Å². The van der Waals surface area contributed by atoms with Gasteiger partial charge in [-0.1, -0.05) is 0 Å². The molecule has 1 aliphatic heterocycles. The number of likely N-dealkylation sites (tertiary alicyclic amines) is 1. The first-order valence-corrected chi connectivity index (χ1v) is 7.54. The van der Waals surface area contributed by atoms with Crippen LogP contribution in [-0.2, 0) is 4.79 Å². The van der Waals surface area contributed by atoms with Crippen molar-refractivity contribution in [3.05, 3.63) is 35.4 Å². The Kier molecular flexibility index (Phi) is 5.67. The van der Waals surface area contributed by atoms with Gasteiger partial charge in [0.15, 0.2) is 0 Å². The number of halogens is 2. The zero-order valence-corrected chi connectivity index (χ0v) is 12.4. The topological polar surface area (TPSA) is 32.3 Å². The van der Waals surface area contributed by atoms with Gasteiger partial charge in [0.1, 0.15) is 11.6 Å². The van der Waals surface area contributed by atoms with E-state index in [0.717, 1.165) is 38.1 Å². The Hall–Kier alpha value is -1.49. The Labute approximate surface area is 124 Å². The molecule has 1 aliphatic rings. The van der Waals surface area contributed by atoms with Crippen LogP contribution in [0.4, 0.5) is 8.78 Å². The van der Waals surface area contributed by atoms with Gasteiger partial charge in [-0.2, -0.15) is 0 Å². The number of nitrogens with zero attached hydrogens (tertiary/aromatic N) is 1. The summed E-state index contributed by atoms with van der Waals surface area (Å²) < 4.78 is 26.8. The molecule has 0 radical (unpaired) electrons. The van der Waals surface area contributed by atoms with Gasteiger partial charge >= 0.3 is 0 Å². The Balaban J connectivity index is 1.79. The van der Waals surface area contributed by atoms with E-state index in [1.807, 2.05) is 4.90 Å². The minimum atomic E-state index is -0.454. The summed E-state index contributed by atoms with van der Waals surface area (Å²) in [5, 5.41) is 3.08. The second kappa shape index (κ2) is 7.50. The molecule has 0 aromatic heterocycles. The Bertz CT molecular complexity index is 487. The van der Waals surface area contributed by atoms with Gasteiger partial charge < -0.3 is 10.2 Å². The predicted octanol–water partition coefficient (Wildman–Crippen LogP) is 3.02. The van der Waals surface area contributed by atoms with E-state index in [2.05, 4.69) is 5.32 Å². The highest BCUT2D eigenvalue weighted by Crippen LogP contribution is 2.18. The van der Waals surface area contributed by atoms with Crippen molar-refractivity contribution >= 4 is 5.91 Å². The number of benzene rings is 1. The van der Waals surface area contributed by atoms with E-state index in [1.54, 1.807) is 6.92 Å². The zero-order chi connectivity index (χ0) is 15.2. The molecule has 0 bridgehead atoms. The lowest BCUT2D eigenvalue weighted by atomic mass is 10.1. The Morgan fingerprint density at radius 2 is 2.00 bits per heavy atom. The van der Waals surface area contributed by atoms with Gasteiger partial charge in [0.05, 0.1) is 0 Å². The number of carbonyl (C=O) groups is 1. The second-order valence-electron chi connectivity index (χ2n) is 5.53. The molecule has 1 amide bonds. The van der Waals surface area contributed by atoms with Gasteiger partial charge in [0.2, 0.25) is 5.91 Å². The van der Waals surface area contributed by atoms with Gasteiger partial charge in [-0.3, -0.25) is 4.79 Å². The molecule has 1 aromatic rings. The summed E-state index contributed by atoms with van der Waals surface area (Å²) >= 11 is 0. The molecule has 1 N–H and O–H groups in total. The van der Waals surface area contributed by atoms with Crippen molar-refractivity contribution in [2.24, 2.45) is 0 Å². The molecule has 1 unspecified atom stereocenters. The van der Waals surface area contributed by atoms with E-state index in [9.17, 15) is 13.6 Å². The first-order valence-electron chi connectivity index (χ1n) is 7.54. The van der Waals surface area contributed by atoms with E-state index in [4.69, 9.17) is 0 Å². The minimum Gasteiger partial charge on any atom is -0.343 e. The van der Waals surface area contributed by atoms with Crippen molar-refractivity contribution < 1.29 is 13.6 Å². The van der Waals surface area contributed by atoms with E-state index < -0.39 is 11.6 Å². The van der Waals surface area contributed by atoms with Crippen molar-refractivity contribution in [3.63, 3.8) is 0 Å².